The van der Waals surface area contributed by atoms with Crippen molar-refractivity contribution in [1.29, 1.82) is 0 Å². The predicted octanol–water partition coefficient (Wildman–Crippen LogP) is 1.37. The topological polar surface area (TPSA) is 50.1 Å². The first-order valence-electron chi connectivity index (χ1n) is 5.18. The maximum Gasteiger partial charge on any atom is 0.325 e. The Morgan fingerprint density at radius 1 is 1.53 bits per heavy atom. The van der Waals surface area contributed by atoms with Gasteiger partial charge in [-0.3, -0.25) is 9.56 Å². The fraction of sp³-hybridized carbons (Fsp3) is 0.455. The molecule has 0 aliphatic carbocycles. The predicted molar refractivity (Wildman–Crippen MR) is 60.3 cm³/mol. The van der Waals surface area contributed by atoms with Crippen LogP contribution in [0.3, 0.4) is 0 Å². The highest BCUT2D eigenvalue weighted by atomic mass is 16.1. The zero-order valence-electron chi connectivity index (χ0n) is 9.08. The first-order valence-corrected chi connectivity index (χ1v) is 5.18. The summed E-state index contributed by atoms with van der Waals surface area (Å²) in [6.07, 6.45) is 6.86. The molecule has 2 heterocycles. The minimum atomic E-state index is -0.0564. The summed E-state index contributed by atoms with van der Waals surface area (Å²) in [6, 6.07) is 0. The van der Waals surface area contributed by atoms with E-state index < -0.39 is 0 Å². The molecule has 0 saturated carbocycles. The van der Waals surface area contributed by atoms with Gasteiger partial charge in [0, 0.05) is 18.9 Å². The molecule has 0 bridgehead atoms. The maximum absolute atomic E-state index is 11.5. The van der Waals surface area contributed by atoms with E-state index in [1.54, 1.807) is 11.6 Å². The molecule has 15 heavy (non-hydrogen) atoms. The van der Waals surface area contributed by atoms with E-state index in [4.69, 9.17) is 0 Å². The van der Waals surface area contributed by atoms with Gasteiger partial charge in [-0.1, -0.05) is 6.08 Å². The minimum absolute atomic E-state index is 0.0564. The van der Waals surface area contributed by atoms with E-state index >= 15 is 0 Å². The average molecular weight is 205 g/mol. The number of rotatable bonds is 0. The van der Waals surface area contributed by atoms with Crippen LogP contribution in [0, 0.1) is 0 Å². The van der Waals surface area contributed by atoms with Crippen LogP contribution in [-0.2, 0) is 13.5 Å². The lowest BCUT2D eigenvalue weighted by Crippen LogP contribution is -2.14. The maximum atomic E-state index is 11.5. The normalized spacial score (nSPS) is 18.4. The second-order valence-corrected chi connectivity index (χ2v) is 3.80. The van der Waals surface area contributed by atoms with E-state index in [2.05, 4.69) is 16.1 Å². The van der Waals surface area contributed by atoms with Gasteiger partial charge in [0.15, 0.2) is 0 Å². The number of allylic oxidation sites excluding steroid dienone is 1. The summed E-state index contributed by atoms with van der Waals surface area (Å²) >= 11 is 0. The summed E-state index contributed by atoms with van der Waals surface area (Å²) in [7, 11) is 1.80. The smallest absolute Gasteiger partial charge is 0.304 e. The quantitative estimate of drug-likeness (QED) is 0.683. The molecule has 0 spiro atoms. The van der Waals surface area contributed by atoms with Crippen molar-refractivity contribution >= 4 is 5.71 Å². The largest absolute Gasteiger partial charge is 0.325 e. The van der Waals surface area contributed by atoms with Crippen molar-refractivity contribution in [3.8, 4) is 0 Å². The van der Waals surface area contributed by atoms with Crippen LogP contribution in [0.25, 0.3) is 0 Å². The van der Waals surface area contributed by atoms with Crippen LogP contribution in [0.15, 0.2) is 22.1 Å². The summed E-state index contributed by atoms with van der Waals surface area (Å²) in [5, 5.41) is 0. The fourth-order valence-corrected chi connectivity index (χ4v) is 1.84. The van der Waals surface area contributed by atoms with Crippen LogP contribution in [0.1, 0.15) is 31.2 Å². The molecule has 80 valence electrons. The summed E-state index contributed by atoms with van der Waals surface area (Å²) < 4.78 is 1.68. The molecule has 0 saturated heterocycles. The van der Waals surface area contributed by atoms with Crippen molar-refractivity contribution in [3.05, 3.63) is 34.1 Å². The van der Waals surface area contributed by atoms with Crippen molar-refractivity contribution in [1.82, 2.24) is 9.55 Å². The second-order valence-electron chi connectivity index (χ2n) is 3.80. The molecule has 4 heteroatoms. The SMILES string of the molecule is CC1=N/C=C/CCCc2c1[nH]c(=O)n2C. The molecular weight excluding hydrogens is 190 g/mol. The lowest BCUT2D eigenvalue weighted by molar-refractivity contribution is 0.740. The van der Waals surface area contributed by atoms with Crippen molar-refractivity contribution in [2.75, 3.05) is 0 Å². The Bertz CT molecular complexity index is 477. The number of imidazole rings is 1. The van der Waals surface area contributed by atoms with Crippen molar-refractivity contribution < 1.29 is 0 Å². The van der Waals surface area contributed by atoms with E-state index in [-0.39, 0.29) is 5.69 Å². The Labute approximate surface area is 88.4 Å². The third-order valence-electron chi connectivity index (χ3n) is 2.75. The molecule has 1 N–H and O–H groups in total. The molecule has 1 aromatic rings. The van der Waals surface area contributed by atoms with Crippen LogP contribution in [0.4, 0.5) is 0 Å². The number of H-pyrrole nitrogens is 1. The Kier molecular flexibility index (Phi) is 2.58. The summed E-state index contributed by atoms with van der Waals surface area (Å²) in [4.78, 5) is 18.6. The van der Waals surface area contributed by atoms with Crippen LogP contribution in [0.2, 0.25) is 0 Å². The third kappa shape index (κ3) is 1.79. The number of fused-ring (bicyclic) bond motifs is 1. The van der Waals surface area contributed by atoms with Crippen molar-refractivity contribution in [2.45, 2.75) is 26.2 Å². The van der Waals surface area contributed by atoms with Gasteiger partial charge < -0.3 is 4.98 Å². The molecule has 0 unspecified atom stereocenters. The van der Waals surface area contributed by atoms with Gasteiger partial charge in [-0.2, -0.15) is 0 Å². The minimum Gasteiger partial charge on any atom is -0.304 e. The molecule has 0 amide bonds. The van der Waals surface area contributed by atoms with E-state index in [0.717, 1.165) is 36.4 Å². The number of hydrogen-bond acceptors (Lipinski definition) is 2. The first kappa shape index (κ1) is 9.96. The van der Waals surface area contributed by atoms with Gasteiger partial charge in [0.2, 0.25) is 0 Å². The van der Waals surface area contributed by atoms with Crippen molar-refractivity contribution in [3.63, 3.8) is 0 Å². The number of hydrogen-bond donors (Lipinski definition) is 1. The standard InChI is InChI=1S/C11H15N3O/c1-8-10-9(14(2)11(15)13-10)6-4-3-5-7-12-8/h5,7H,3-4,6H2,1-2H3,(H,13,15)/b7-5+,12-8?. The van der Waals surface area contributed by atoms with Gasteiger partial charge in [0.25, 0.3) is 0 Å². The molecule has 4 nitrogen and oxygen atoms in total. The van der Waals surface area contributed by atoms with Crippen molar-refractivity contribution in [2.24, 2.45) is 12.0 Å². The monoisotopic (exact) mass is 205 g/mol. The number of nitrogens with one attached hydrogen (secondary N) is 1. The molecule has 1 aliphatic rings. The van der Waals surface area contributed by atoms with E-state index in [1.165, 1.54) is 0 Å². The van der Waals surface area contributed by atoms with Crippen LogP contribution >= 0.6 is 0 Å². The molecular formula is C11H15N3O. The van der Waals surface area contributed by atoms with Gasteiger partial charge in [0.05, 0.1) is 11.4 Å². The van der Waals surface area contributed by atoms with Gasteiger partial charge >= 0.3 is 5.69 Å². The van der Waals surface area contributed by atoms with Gasteiger partial charge in [-0.15, -0.1) is 0 Å². The number of aromatic amines is 1. The van der Waals surface area contributed by atoms with Gasteiger partial charge in [0.1, 0.15) is 0 Å². The molecule has 0 fully saturated rings. The molecule has 0 atom stereocenters. The van der Waals surface area contributed by atoms with Crippen LogP contribution in [0.5, 0.6) is 0 Å². The lowest BCUT2D eigenvalue weighted by Gasteiger charge is -2.03. The Morgan fingerprint density at radius 2 is 2.33 bits per heavy atom. The Balaban J connectivity index is 2.58. The molecule has 1 aliphatic heterocycles. The van der Waals surface area contributed by atoms with Gasteiger partial charge in [-0.25, -0.2) is 4.79 Å². The third-order valence-corrected chi connectivity index (χ3v) is 2.75. The highest BCUT2D eigenvalue weighted by Crippen LogP contribution is 2.11. The lowest BCUT2D eigenvalue weighted by atomic mass is 10.1. The Morgan fingerprint density at radius 3 is 3.13 bits per heavy atom. The van der Waals surface area contributed by atoms with E-state index in [1.807, 2.05) is 13.1 Å². The summed E-state index contributed by atoms with van der Waals surface area (Å²) in [5.74, 6) is 0. The summed E-state index contributed by atoms with van der Waals surface area (Å²) in [6.45, 7) is 1.92. The average Bonchev–Trinajstić information content (AvgIpc) is 2.53. The Hall–Kier alpha value is -1.58. The fourth-order valence-electron chi connectivity index (χ4n) is 1.84. The molecule has 0 aromatic carbocycles. The second kappa shape index (κ2) is 3.88. The van der Waals surface area contributed by atoms with E-state index in [0.29, 0.717) is 0 Å². The highest BCUT2D eigenvalue weighted by molar-refractivity contribution is 5.98. The number of nitrogens with zero attached hydrogens (tertiary/aromatic N) is 2. The molecule has 1 aromatic heterocycles. The summed E-state index contributed by atoms with van der Waals surface area (Å²) in [5.41, 5.74) is 2.76. The van der Waals surface area contributed by atoms with Crippen LogP contribution in [-0.4, -0.2) is 15.3 Å². The van der Waals surface area contributed by atoms with E-state index in [9.17, 15) is 4.79 Å². The molecule has 0 radical (unpaired) electrons. The zero-order valence-corrected chi connectivity index (χ0v) is 9.08. The molecule has 2 rings (SSSR count). The first-order chi connectivity index (χ1) is 7.20. The number of aliphatic imine (C=N–C) groups is 1. The zero-order chi connectivity index (χ0) is 10.8. The van der Waals surface area contributed by atoms with Crippen LogP contribution < -0.4 is 5.69 Å². The number of aromatic nitrogens is 2. The highest BCUT2D eigenvalue weighted by Gasteiger charge is 2.13. The van der Waals surface area contributed by atoms with Gasteiger partial charge in [-0.05, 0) is 26.2 Å².